The van der Waals surface area contributed by atoms with E-state index >= 15 is 0 Å². The number of carbonyl (C=O) groups is 1. The number of alkyl halides is 2. The molecule has 1 saturated carbocycles. The van der Waals surface area contributed by atoms with Crippen LogP contribution in [0.15, 0.2) is 16.7 Å². The predicted molar refractivity (Wildman–Crippen MR) is 64.6 cm³/mol. The van der Waals surface area contributed by atoms with Crippen molar-refractivity contribution in [3.05, 3.63) is 28.1 Å². The van der Waals surface area contributed by atoms with E-state index in [-0.39, 0.29) is 18.5 Å². The van der Waals surface area contributed by atoms with Gasteiger partial charge in [-0.2, -0.15) is 5.10 Å². The van der Waals surface area contributed by atoms with Crippen LogP contribution < -0.4 is 0 Å². The Morgan fingerprint density at radius 2 is 2.16 bits per heavy atom. The second-order valence-electron chi connectivity index (χ2n) is 4.57. The zero-order valence-electron chi connectivity index (χ0n) is 9.48. The molecule has 2 aromatic heterocycles. The summed E-state index contributed by atoms with van der Waals surface area (Å²) >= 11 is 3.16. The van der Waals surface area contributed by atoms with Crippen molar-refractivity contribution in [3.63, 3.8) is 0 Å². The number of halogens is 3. The molecular weight excluding hydrogens is 324 g/mol. The van der Waals surface area contributed by atoms with Crippen molar-refractivity contribution in [2.45, 2.75) is 24.7 Å². The molecular formula is C11H8BrF2N3O2. The van der Waals surface area contributed by atoms with Crippen molar-refractivity contribution in [2.75, 3.05) is 0 Å². The van der Waals surface area contributed by atoms with Crippen LogP contribution in [0.4, 0.5) is 8.78 Å². The van der Waals surface area contributed by atoms with Crippen LogP contribution in [0.5, 0.6) is 0 Å². The van der Waals surface area contributed by atoms with Crippen LogP contribution >= 0.6 is 15.9 Å². The van der Waals surface area contributed by atoms with E-state index in [4.69, 9.17) is 5.11 Å². The van der Waals surface area contributed by atoms with Gasteiger partial charge in [-0.1, -0.05) is 0 Å². The van der Waals surface area contributed by atoms with E-state index in [1.807, 2.05) is 0 Å². The lowest BCUT2D eigenvalue weighted by molar-refractivity contribution is -0.0879. The van der Waals surface area contributed by atoms with E-state index in [1.54, 1.807) is 6.07 Å². The van der Waals surface area contributed by atoms with E-state index in [2.05, 4.69) is 26.0 Å². The average molecular weight is 332 g/mol. The van der Waals surface area contributed by atoms with Crippen molar-refractivity contribution in [1.82, 2.24) is 14.6 Å². The summed E-state index contributed by atoms with van der Waals surface area (Å²) in [4.78, 5) is 14.9. The topological polar surface area (TPSA) is 67.5 Å². The molecule has 0 atom stereocenters. The van der Waals surface area contributed by atoms with Gasteiger partial charge in [0.25, 0.3) is 0 Å². The molecule has 1 aliphatic carbocycles. The van der Waals surface area contributed by atoms with Gasteiger partial charge in [-0.3, -0.25) is 0 Å². The molecule has 5 nitrogen and oxygen atoms in total. The van der Waals surface area contributed by atoms with Crippen molar-refractivity contribution in [1.29, 1.82) is 0 Å². The molecule has 1 aliphatic rings. The number of hydrogen-bond acceptors (Lipinski definition) is 3. The maximum Gasteiger partial charge on any atom is 0.354 e. The molecule has 2 aromatic rings. The van der Waals surface area contributed by atoms with Gasteiger partial charge >= 0.3 is 5.97 Å². The minimum absolute atomic E-state index is 0.162. The van der Waals surface area contributed by atoms with Gasteiger partial charge in [-0.25, -0.2) is 23.1 Å². The summed E-state index contributed by atoms with van der Waals surface area (Å²) in [6.45, 7) is 0. The van der Waals surface area contributed by atoms with Gasteiger partial charge < -0.3 is 5.11 Å². The van der Waals surface area contributed by atoms with E-state index in [0.717, 1.165) is 0 Å². The standard InChI is InChI=1S/C11H8BrF2N3O2/c12-8-2-9-15-6(10(18)19)1-7(17(9)16-8)5-3-11(13,14)4-5/h1-2,5H,3-4H2,(H,18,19). The zero-order valence-corrected chi connectivity index (χ0v) is 11.1. The smallest absolute Gasteiger partial charge is 0.354 e. The highest BCUT2D eigenvalue weighted by molar-refractivity contribution is 9.10. The second kappa shape index (κ2) is 3.96. The Kier molecular flexibility index (Phi) is 2.60. The Morgan fingerprint density at radius 3 is 2.74 bits per heavy atom. The molecule has 2 heterocycles. The predicted octanol–water partition coefficient (Wildman–Crippen LogP) is 2.70. The number of fused-ring (bicyclic) bond motifs is 1. The Hall–Kier alpha value is -1.57. The van der Waals surface area contributed by atoms with Crippen LogP contribution in [0, 0.1) is 0 Å². The number of rotatable bonds is 2. The molecule has 0 amide bonds. The number of aromatic carboxylic acids is 1. The number of nitrogens with zero attached hydrogens (tertiary/aromatic N) is 3. The van der Waals surface area contributed by atoms with Gasteiger partial charge in [-0.15, -0.1) is 0 Å². The third-order valence-corrected chi connectivity index (χ3v) is 3.54. The van der Waals surface area contributed by atoms with Gasteiger partial charge in [0.15, 0.2) is 11.3 Å². The van der Waals surface area contributed by atoms with Crippen LogP contribution in [-0.2, 0) is 0 Å². The molecule has 0 spiro atoms. The lowest BCUT2D eigenvalue weighted by Gasteiger charge is -2.35. The van der Waals surface area contributed by atoms with Gasteiger partial charge in [0.1, 0.15) is 4.60 Å². The minimum Gasteiger partial charge on any atom is -0.477 e. The Balaban J connectivity index is 2.13. The fraction of sp³-hybridized carbons (Fsp3) is 0.364. The Morgan fingerprint density at radius 1 is 1.47 bits per heavy atom. The molecule has 1 fully saturated rings. The van der Waals surface area contributed by atoms with Crippen molar-refractivity contribution < 1.29 is 18.7 Å². The minimum atomic E-state index is -2.67. The molecule has 0 bridgehead atoms. The summed E-state index contributed by atoms with van der Waals surface area (Å²) < 4.78 is 27.8. The first-order valence-corrected chi connectivity index (χ1v) is 6.32. The molecule has 100 valence electrons. The molecule has 0 radical (unpaired) electrons. The maximum atomic E-state index is 13.0. The van der Waals surface area contributed by atoms with Gasteiger partial charge in [0, 0.05) is 24.8 Å². The zero-order chi connectivity index (χ0) is 13.8. The fourth-order valence-electron chi connectivity index (χ4n) is 2.24. The highest BCUT2D eigenvalue weighted by Gasteiger charge is 2.47. The first kappa shape index (κ1) is 12.5. The summed E-state index contributed by atoms with van der Waals surface area (Å²) in [5.41, 5.74) is 0.626. The summed E-state index contributed by atoms with van der Waals surface area (Å²) in [6.07, 6.45) is -0.578. The summed E-state index contributed by atoms with van der Waals surface area (Å²) in [6, 6.07) is 2.86. The summed E-state index contributed by atoms with van der Waals surface area (Å²) in [5, 5.41) is 13.1. The van der Waals surface area contributed by atoms with Crippen LogP contribution in [-0.4, -0.2) is 31.6 Å². The molecule has 19 heavy (non-hydrogen) atoms. The van der Waals surface area contributed by atoms with E-state index in [0.29, 0.717) is 15.9 Å². The normalized spacial score (nSPS) is 18.5. The number of hydrogen-bond donors (Lipinski definition) is 1. The Labute approximate surface area is 114 Å². The summed E-state index contributed by atoms with van der Waals surface area (Å²) in [7, 11) is 0. The maximum absolute atomic E-state index is 13.0. The Bertz CT molecular complexity index is 678. The van der Waals surface area contributed by atoms with Crippen LogP contribution in [0.25, 0.3) is 5.65 Å². The highest BCUT2D eigenvalue weighted by Crippen LogP contribution is 2.48. The second-order valence-corrected chi connectivity index (χ2v) is 5.38. The van der Waals surface area contributed by atoms with E-state index in [9.17, 15) is 13.6 Å². The lowest BCUT2D eigenvalue weighted by atomic mass is 9.79. The SMILES string of the molecule is O=C(O)c1cc(C2CC(F)(F)C2)n2nc(Br)cc2n1. The first-order chi connectivity index (χ1) is 8.85. The van der Waals surface area contributed by atoms with Crippen molar-refractivity contribution in [3.8, 4) is 0 Å². The summed E-state index contributed by atoms with van der Waals surface area (Å²) in [5.74, 6) is -4.26. The third-order valence-electron chi connectivity index (χ3n) is 3.15. The fourth-order valence-corrected chi connectivity index (χ4v) is 2.60. The number of carboxylic acid groups (broad SMARTS) is 1. The van der Waals surface area contributed by atoms with Crippen LogP contribution in [0.1, 0.15) is 34.9 Å². The molecule has 0 aliphatic heterocycles. The van der Waals surface area contributed by atoms with Crippen molar-refractivity contribution >= 4 is 27.5 Å². The number of carboxylic acids is 1. The monoisotopic (exact) mass is 331 g/mol. The van der Waals surface area contributed by atoms with Gasteiger partial charge in [0.2, 0.25) is 5.92 Å². The van der Waals surface area contributed by atoms with Crippen molar-refractivity contribution in [2.24, 2.45) is 0 Å². The average Bonchev–Trinajstić information content (AvgIpc) is 2.64. The van der Waals surface area contributed by atoms with E-state index in [1.165, 1.54) is 10.6 Å². The molecule has 0 saturated heterocycles. The van der Waals surface area contributed by atoms with Gasteiger partial charge in [0.05, 0.1) is 5.69 Å². The molecule has 0 unspecified atom stereocenters. The van der Waals surface area contributed by atoms with E-state index < -0.39 is 17.8 Å². The lowest BCUT2D eigenvalue weighted by Crippen LogP contribution is -2.35. The molecule has 0 aromatic carbocycles. The highest BCUT2D eigenvalue weighted by atomic mass is 79.9. The van der Waals surface area contributed by atoms with Gasteiger partial charge in [-0.05, 0) is 22.0 Å². The third kappa shape index (κ3) is 2.09. The van der Waals surface area contributed by atoms with Crippen LogP contribution in [0.2, 0.25) is 0 Å². The molecule has 8 heteroatoms. The first-order valence-electron chi connectivity index (χ1n) is 5.53. The van der Waals surface area contributed by atoms with Crippen LogP contribution in [0.3, 0.4) is 0 Å². The molecule has 1 N–H and O–H groups in total. The quantitative estimate of drug-likeness (QED) is 0.918. The largest absolute Gasteiger partial charge is 0.477 e. The molecule has 3 rings (SSSR count). The number of aromatic nitrogens is 3.